The molecule has 2 rings (SSSR count). The van der Waals surface area contributed by atoms with Gasteiger partial charge in [-0.25, -0.2) is 9.78 Å². The van der Waals surface area contributed by atoms with Crippen LogP contribution >= 0.6 is 0 Å². The molecule has 0 bridgehead atoms. The molecule has 1 amide bonds. The van der Waals surface area contributed by atoms with Crippen LogP contribution in [-0.4, -0.2) is 27.0 Å². The Kier molecular flexibility index (Phi) is 3.06. The van der Waals surface area contributed by atoms with Crippen LogP contribution in [0.15, 0.2) is 6.20 Å². The van der Waals surface area contributed by atoms with E-state index in [1.54, 1.807) is 0 Å². The van der Waals surface area contributed by atoms with Crippen LogP contribution < -0.4 is 5.32 Å². The summed E-state index contributed by atoms with van der Waals surface area (Å²) >= 11 is 0. The fourth-order valence-electron chi connectivity index (χ4n) is 2.03. The van der Waals surface area contributed by atoms with Gasteiger partial charge in [0.05, 0.1) is 18.2 Å². The van der Waals surface area contributed by atoms with Crippen molar-refractivity contribution in [3.05, 3.63) is 17.7 Å². The highest BCUT2D eigenvalue weighted by Crippen LogP contribution is 2.39. The zero-order valence-corrected chi connectivity index (χ0v) is 9.69. The first kappa shape index (κ1) is 12.2. The lowest BCUT2D eigenvalue weighted by molar-refractivity contribution is -0.123. The number of amides is 1. The maximum atomic E-state index is 11.6. The van der Waals surface area contributed by atoms with E-state index in [1.165, 1.54) is 6.20 Å². The molecule has 0 radical (unpaired) electrons. The fourth-order valence-corrected chi connectivity index (χ4v) is 2.03. The van der Waals surface area contributed by atoms with E-state index in [2.05, 4.69) is 21.2 Å². The first-order valence-electron chi connectivity index (χ1n) is 5.61. The maximum Gasteiger partial charge on any atom is 0.353 e. The molecular weight excluding hydrogens is 234 g/mol. The van der Waals surface area contributed by atoms with Crippen LogP contribution in [0.2, 0.25) is 0 Å². The van der Waals surface area contributed by atoms with Gasteiger partial charge >= 0.3 is 5.97 Å². The first-order valence-corrected chi connectivity index (χ1v) is 5.61. The Hall–Kier alpha value is -2.29. The van der Waals surface area contributed by atoms with Crippen molar-refractivity contribution in [2.24, 2.45) is 0 Å². The number of aromatic nitrogens is 2. The molecule has 0 spiro atoms. The van der Waals surface area contributed by atoms with Gasteiger partial charge in [0.1, 0.15) is 11.5 Å². The number of hydrogen-bond acceptors (Lipinski definition) is 3. The minimum Gasteiger partial charge on any atom is -0.477 e. The van der Waals surface area contributed by atoms with Gasteiger partial charge in [0, 0.05) is 0 Å². The number of aromatic amines is 1. The van der Waals surface area contributed by atoms with E-state index in [0.29, 0.717) is 5.82 Å². The molecule has 6 nitrogen and oxygen atoms in total. The van der Waals surface area contributed by atoms with E-state index in [4.69, 9.17) is 11.5 Å². The lowest BCUT2D eigenvalue weighted by atomic mass is 9.76. The summed E-state index contributed by atoms with van der Waals surface area (Å²) in [5, 5.41) is 11.7. The van der Waals surface area contributed by atoms with E-state index < -0.39 is 11.5 Å². The highest BCUT2D eigenvalue weighted by atomic mass is 16.4. The van der Waals surface area contributed by atoms with Crippen LogP contribution in [0, 0.1) is 12.3 Å². The summed E-state index contributed by atoms with van der Waals surface area (Å²) in [6.45, 7) is 0. The molecule has 3 N–H and O–H groups in total. The van der Waals surface area contributed by atoms with Gasteiger partial charge in [0.15, 0.2) is 0 Å². The number of imidazole rings is 1. The summed E-state index contributed by atoms with van der Waals surface area (Å²) < 4.78 is 0. The van der Waals surface area contributed by atoms with Crippen molar-refractivity contribution in [3.63, 3.8) is 0 Å². The molecule has 1 fully saturated rings. The van der Waals surface area contributed by atoms with Crippen LogP contribution in [0.4, 0.5) is 0 Å². The monoisotopic (exact) mass is 247 g/mol. The third-order valence-corrected chi connectivity index (χ3v) is 3.11. The number of aromatic carboxylic acids is 1. The highest BCUT2D eigenvalue weighted by Gasteiger charge is 2.42. The highest BCUT2D eigenvalue weighted by molar-refractivity contribution is 5.85. The third kappa shape index (κ3) is 2.07. The van der Waals surface area contributed by atoms with Crippen LogP contribution in [0.3, 0.4) is 0 Å². The zero-order chi connectivity index (χ0) is 13.2. The van der Waals surface area contributed by atoms with E-state index in [1.807, 2.05) is 0 Å². The second-order valence-corrected chi connectivity index (χ2v) is 4.32. The van der Waals surface area contributed by atoms with Crippen molar-refractivity contribution in [1.82, 2.24) is 15.3 Å². The Morgan fingerprint density at radius 2 is 2.33 bits per heavy atom. The van der Waals surface area contributed by atoms with E-state index >= 15 is 0 Å². The summed E-state index contributed by atoms with van der Waals surface area (Å²) in [6.07, 6.45) is 8.76. The van der Waals surface area contributed by atoms with Gasteiger partial charge in [0.2, 0.25) is 5.91 Å². The number of hydrogen-bond donors (Lipinski definition) is 3. The van der Waals surface area contributed by atoms with Gasteiger partial charge < -0.3 is 15.4 Å². The summed E-state index contributed by atoms with van der Waals surface area (Å²) in [6, 6.07) is 0. The number of H-pyrrole nitrogens is 1. The SMILES string of the molecule is C#CCC(=O)NC1(c2ncc(C(=O)O)[nH]2)CCC1. The molecule has 1 aromatic rings. The number of carboxylic acid groups (broad SMARTS) is 1. The topological polar surface area (TPSA) is 95.1 Å². The smallest absolute Gasteiger partial charge is 0.353 e. The fraction of sp³-hybridized carbons (Fsp3) is 0.417. The van der Waals surface area contributed by atoms with Crippen molar-refractivity contribution in [3.8, 4) is 12.3 Å². The molecule has 1 heterocycles. The van der Waals surface area contributed by atoms with Crippen LogP contribution in [-0.2, 0) is 10.3 Å². The van der Waals surface area contributed by atoms with Crippen molar-refractivity contribution in [1.29, 1.82) is 0 Å². The number of nitrogens with zero attached hydrogens (tertiary/aromatic N) is 1. The lowest BCUT2D eigenvalue weighted by Crippen LogP contribution is -2.51. The van der Waals surface area contributed by atoms with Gasteiger partial charge in [-0.2, -0.15) is 0 Å². The Morgan fingerprint density at radius 1 is 1.61 bits per heavy atom. The average Bonchev–Trinajstić information content (AvgIpc) is 2.73. The largest absolute Gasteiger partial charge is 0.477 e. The number of carbonyl (C=O) groups is 2. The van der Waals surface area contributed by atoms with Crippen molar-refractivity contribution in [2.45, 2.75) is 31.2 Å². The lowest BCUT2D eigenvalue weighted by Gasteiger charge is -2.40. The number of nitrogens with one attached hydrogen (secondary N) is 2. The molecule has 18 heavy (non-hydrogen) atoms. The van der Waals surface area contributed by atoms with E-state index in [-0.39, 0.29) is 18.0 Å². The Labute approximate surface area is 104 Å². The van der Waals surface area contributed by atoms with Crippen molar-refractivity contribution >= 4 is 11.9 Å². The predicted molar refractivity (Wildman–Crippen MR) is 62.7 cm³/mol. The van der Waals surface area contributed by atoms with Crippen LogP contribution in [0.25, 0.3) is 0 Å². The van der Waals surface area contributed by atoms with Gasteiger partial charge in [0.25, 0.3) is 0 Å². The van der Waals surface area contributed by atoms with Crippen molar-refractivity contribution in [2.75, 3.05) is 0 Å². The predicted octanol–water partition coefficient (Wildman–Crippen LogP) is 0.627. The Morgan fingerprint density at radius 3 is 2.78 bits per heavy atom. The second kappa shape index (κ2) is 4.53. The van der Waals surface area contributed by atoms with Crippen LogP contribution in [0.5, 0.6) is 0 Å². The normalized spacial score (nSPS) is 16.4. The molecule has 94 valence electrons. The summed E-state index contributed by atoms with van der Waals surface area (Å²) in [5.74, 6) is 1.44. The quantitative estimate of drug-likeness (QED) is 0.680. The van der Waals surface area contributed by atoms with Crippen LogP contribution in [0.1, 0.15) is 42.0 Å². The van der Waals surface area contributed by atoms with Gasteiger partial charge in [-0.15, -0.1) is 6.42 Å². The molecule has 0 saturated heterocycles. The average molecular weight is 247 g/mol. The van der Waals surface area contributed by atoms with Crippen molar-refractivity contribution < 1.29 is 14.7 Å². The molecule has 0 unspecified atom stereocenters. The number of carbonyl (C=O) groups excluding carboxylic acids is 1. The standard InChI is InChI=1S/C12H13N3O3/c1-2-4-9(16)15-12(5-3-6-12)11-13-7-8(14-11)10(17)18/h1,7H,3-6H2,(H,13,14)(H,15,16)(H,17,18). The zero-order valence-electron chi connectivity index (χ0n) is 9.69. The second-order valence-electron chi connectivity index (χ2n) is 4.32. The van der Waals surface area contributed by atoms with E-state index in [0.717, 1.165) is 19.3 Å². The minimum absolute atomic E-state index is 0.00818. The third-order valence-electron chi connectivity index (χ3n) is 3.11. The van der Waals surface area contributed by atoms with Gasteiger partial charge in [-0.05, 0) is 19.3 Å². The maximum absolute atomic E-state index is 11.6. The molecule has 0 atom stereocenters. The molecule has 1 aromatic heterocycles. The summed E-state index contributed by atoms with van der Waals surface area (Å²) in [4.78, 5) is 29.1. The van der Waals surface area contributed by atoms with Gasteiger partial charge in [-0.1, -0.05) is 5.92 Å². The molecule has 0 aromatic carbocycles. The molecule has 1 aliphatic carbocycles. The minimum atomic E-state index is -1.07. The molecule has 0 aliphatic heterocycles. The Balaban J connectivity index is 2.19. The number of carboxylic acids is 1. The summed E-state index contributed by atoms with van der Waals surface area (Å²) in [5.41, 5.74) is -0.566. The molecular formula is C12H13N3O3. The Bertz CT molecular complexity index is 523. The van der Waals surface area contributed by atoms with E-state index in [9.17, 15) is 9.59 Å². The number of terminal acetylenes is 1. The summed E-state index contributed by atoms with van der Waals surface area (Å²) in [7, 11) is 0. The number of rotatable bonds is 4. The first-order chi connectivity index (χ1) is 8.57. The molecule has 6 heteroatoms. The van der Waals surface area contributed by atoms with Gasteiger partial charge in [-0.3, -0.25) is 4.79 Å². The molecule has 1 saturated carbocycles. The molecule has 1 aliphatic rings.